The second-order valence-electron chi connectivity index (χ2n) is 5.79. The van der Waals surface area contributed by atoms with Gasteiger partial charge in [0, 0.05) is 23.6 Å². The van der Waals surface area contributed by atoms with Crippen molar-refractivity contribution in [2.45, 2.75) is 23.8 Å². The van der Waals surface area contributed by atoms with Crippen molar-refractivity contribution in [2.24, 2.45) is 0 Å². The zero-order valence-electron chi connectivity index (χ0n) is 13.9. The Labute approximate surface area is 148 Å². The number of rotatable bonds is 6. The van der Waals surface area contributed by atoms with Gasteiger partial charge in [0.25, 0.3) is 0 Å². The van der Waals surface area contributed by atoms with Crippen LogP contribution in [0.25, 0.3) is 0 Å². The molecule has 1 aromatic carbocycles. The molecule has 3 rings (SSSR count). The molecule has 0 bridgehead atoms. The minimum Gasteiger partial charge on any atom is -0.469 e. The number of fused-ring (bicyclic) bond motifs is 1. The molecule has 0 fully saturated rings. The fourth-order valence-corrected chi connectivity index (χ4v) is 4.24. The second kappa shape index (κ2) is 7.19. The van der Waals surface area contributed by atoms with E-state index in [-0.39, 0.29) is 17.7 Å². The largest absolute Gasteiger partial charge is 0.469 e. The summed E-state index contributed by atoms with van der Waals surface area (Å²) in [6, 6.07) is 10.4. The third kappa shape index (κ3) is 3.09. The van der Waals surface area contributed by atoms with Gasteiger partial charge in [0.1, 0.15) is 0 Å². The number of methoxy groups -OCH3 is 1. The van der Waals surface area contributed by atoms with Crippen LogP contribution in [0.1, 0.15) is 34.1 Å². The fraction of sp³-hybridized carbons (Fsp3) is 0.263. The number of ether oxygens (including phenoxy) is 1. The van der Waals surface area contributed by atoms with E-state index in [9.17, 15) is 13.8 Å². The van der Waals surface area contributed by atoms with Crippen molar-refractivity contribution in [1.29, 1.82) is 0 Å². The topological polar surface area (TPSA) is 65.4 Å². The lowest BCUT2D eigenvalue weighted by Crippen LogP contribution is -2.13. The van der Waals surface area contributed by atoms with Crippen LogP contribution in [-0.2, 0) is 26.9 Å². The molecule has 1 aromatic heterocycles. The molecule has 2 atom stereocenters. The van der Waals surface area contributed by atoms with Gasteiger partial charge < -0.3 is 9.30 Å². The molecule has 1 aliphatic heterocycles. The van der Waals surface area contributed by atoms with Crippen LogP contribution < -0.4 is 0 Å². The second-order valence-corrected chi connectivity index (χ2v) is 7.25. The number of hydrogen-bond donors (Lipinski definition) is 0. The van der Waals surface area contributed by atoms with E-state index in [1.165, 1.54) is 7.11 Å². The first-order valence-electron chi connectivity index (χ1n) is 7.98. The van der Waals surface area contributed by atoms with E-state index in [1.807, 2.05) is 4.57 Å². The van der Waals surface area contributed by atoms with Gasteiger partial charge in [-0.15, -0.1) is 6.58 Å². The predicted molar refractivity (Wildman–Crippen MR) is 95.2 cm³/mol. The number of aromatic nitrogens is 1. The SMILES string of the molecule is C=CCS(=O)c1ccccc1C(=O)c1ccc2n1CCC2C(=O)OC. The van der Waals surface area contributed by atoms with E-state index >= 15 is 0 Å². The summed E-state index contributed by atoms with van der Waals surface area (Å²) in [5, 5.41) is 0. The van der Waals surface area contributed by atoms with E-state index in [0.29, 0.717) is 34.9 Å². The molecule has 2 aromatic rings. The molecule has 0 saturated carbocycles. The van der Waals surface area contributed by atoms with Crippen LogP contribution in [0.2, 0.25) is 0 Å². The summed E-state index contributed by atoms with van der Waals surface area (Å²) in [6.45, 7) is 4.19. The Balaban J connectivity index is 1.98. The Kier molecular flexibility index (Phi) is 4.99. The summed E-state index contributed by atoms with van der Waals surface area (Å²) in [4.78, 5) is 25.4. The highest BCUT2D eigenvalue weighted by Crippen LogP contribution is 2.32. The van der Waals surface area contributed by atoms with Crippen LogP contribution in [0.4, 0.5) is 0 Å². The molecular weight excluding hydrogens is 338 g/mol. The summed E-state index contributed by atoms with van der Waals surface area (Å²) >= 11 is 0. The minimum atomic E-state index is -1.31. The maximum absolute atomic E-state index is 13.0. The maximum Gasteiger partial charge on any atom is 0.314 e. The van der Waals surface area contributed by atoms with Crippen molar-refractivity contribution < 1.29 is 18.5 Å². The molecule has 0 N–H and O–H groups in total. The van der Waals surface area contributed by atoms with Crippen molar-refractivity contribution in [3.8, 4) is 0 Å². The van der Waals surface area contributed by atoms with Crippen LogP contribution in [-0.4, -0.2) is 33.4 Å². The number of ketones is 1. The lowest BCUT2D eigenvalue weighted by atomic mass is 10.1. The Bertz CT molecular complexity index is 868. The number of carbonyl (C=O) groups is 2. The molecule has 1 aliphatic rings. The molecular formula is C19H19NO4S. The fourth-order valence-electron chi connectivity index (χ4n) is 3.21. The average Bonchev–Trinajstić information content (AvgIpc) is 3.22. The van der Waals surface area contributed by atoms with Crippen LogP contribution in [0, 0.1) is 0 Å². The smallest absolute Gasteiger partial charge is 0.314 e. The van der Waals surface area contributed by atoms with Crippen molar-refractivity contribution in [1.82, 2.24) is 4.57 Å². The van der Waals surface area contributed by atoms with Gasteiger partial charge in [-0.2, -0.15) is 0 Å². The highest BCUT2D eigenvalue weighted by molar-refractivity contribution is 7.85. The van der Waals surface area contributed by atoms with Crippen LogP contribution >= 0.6 is 0 Å². The monoisotopic (exact) mass is 357 g/mol. The maximum atomic E-state index is 13.0. The first-order valence-corrected chi connectivity index (χ1v) is 9.30. The third-order valence-corrected chi connectivity index (χ3v) is 5.76. The zero-order chi connectivity index (χ0) is 18.0. The number of nitrogens with zero attached hydrogens (tertiary/aromatic N) is 1. The van der Waals surface area contributed by atoms with Crippen molar-refractivity contribution in [3.63, 3.8) is 0 Å². The molecule has 25 heavy (non-hydrogen) atoms. The third-order valence-electron chi connectivity index (χ3n) is 4.38. The number of hydrogen-bond acceptors (Lipinski definition) is 4. The van der Waals surface area contributed by atoms with Crippen molar-refractivity contribution in [3.05, 3.63) is 66.0 Å². The lowest BCUT2D eigenvalue weighted by molar-refractivity contribution is -0.142. The molecule has 0 amide bonds. The van der Waals surface area contributed by atoms with Gasteiger partial charge in [-0.05, 0) is 30.7 Å². The quantitative estimate of drug-likeness (QED) is 0.453. The highest BCUT2D eigenvalue weighted by Gasteiger charge is 2.33. The predicted octanol–water partition coefficient (Wildman–Crippen LogP) is 2.67. The van der Waals surface area contributed by atoms with Crippen LogP contribution in [0.5, 0.6) is 0 Å². The zero-order valence-corrected chi connectivity index (χ0v) is 14.8. The summed E-state index contributed by atoms with van der Waals surface area (Å²) in [6.07, 6.45) is 2.19. The lowest BCUT2D eigenvalue weighted by Gasteiger charge is -2.09. The van der Waals surface area contributed by atoms with Gasteiger partial charge in [0.05, 0.1) is 34.4 Å². The van der Waals surface area contributed by atoms with E-state index < -0.39 is 10.8 Å². The van der Waals surface area contributed by atoms with Gasteiger partial charge in [0.2, 0.25) is 5.78 Å². The van der Waals surface area contributed by atoms with Gasteiger partial charge in [0.15, 0.2) is 0 Å². The summed E-state index contributed by atoms with van der Waals surface area (Å²) in [7, 11) is 0.0528. The van der Waals surface area contributed by atoms with E-state index in [1.54, 1.807) is 42.5 Å². The van der Waals surface area contributed by atoms with E-state index in [0.717, 1.165) is 5.69 Å². The Hall–Kier alpha value is -2.47. The normalized spacial score (nSPS) is 16.9. The molecule has 130 valence electrons. The number of esters is 1. The summed E-state index contributed by atoms with van der Waals surface area (Å²) in [5.74, 6) is -0.522. The Morgan fingerprint density at radius 3 is 2.80 bits per heavy atom. The van der Waals surface area contributed by atoms with Crippen molar-refractivity contribution in [2.75, 3.05) is 12.9 Å². The molecule has 2 heterocycles. The molecule has 0 saturated heterocycles. The molecule has 2 unspecified atom stereocenters. The van der Waals surface area contributed by atoms with Gasteiger partial charge in [-0.1, -0.05) is 18.2 Å². The summed E-state index contributed by atoms with van der Waals surface area (Å²) < 4.78 is 19.1. The minimum absolute atomic E-state index is 0.190. The Morgan fingerprint density at radius 2 is 2.08 bits per heavy atom. The van der Waals surface area contributed by atoms with Crippen LogP contribution in [0.15, 0.2) is 53.9 Å². The molecule has 0 aliphatic carbocycles. The summed E-state index contributed by atoms with van der Waals surface area (Å²) in [5.41, 5.74) is 1.72. The highest BCUT2D eigenvalue weighted by atomic mass is 32.2. The first-order chi connectivity index (χ1) is 12.1. The molecule has 6 heteroatoms. The Morgan fingerprint density at radius 1 is 1.32 bits per heavy atom. The van der Waals surface area contributed by atoms with Gasteiger partial charge in [-0.25, -0.2) is 0 Å². The van der Waals surface area contributed by atoms with E-state index in [4.69, 9.17) is 4.74 Å². The van der Waals surface area contributed by atoms with Crippen molar-refractivity contribution >= 4 is 22.6 Å². The van der Waals surface area contributed by atoms with Crippen LogP contribution in [0.3, 0.4) is 0 Å². The van der Waals surface area contributed by atoms with E-state index in [2.05, 4.69) is 6.58 Å². The molecule has 0 radical (unpaired) electrons. The molecule has 0 spiro atoms. The standard InChI is InChI=1S/C19H19NO4S/c1-3-12-25(23)17-7-5-4-6-14(17)18(21)16-9-8-15-13(19(22)24-2)10-11-20(15)16/h3-9,13H,1,10-12H2,2H3. The van der Waals surface area contributed by atoms with Gasteiger partial charge >= 0.3 is 5.97 Å². The average molecular weight is 357 g/mol. The number of carbonyl (C=O) groups excluding carboxylic acids is 2. The first kappa shape index (κ1) is 17.4. The number of benzene rings is 1. The van der Waals surface area contributed by atoms with Gasteiger partial charge in [-0.3, -0.25) is 13.8 Å². The molecule has 5 nitrogen and oxygen atoms in total.